The lowest BCUT2D eigenvalue weighted by molar-refractivity contribution is 0.0778. The predicted octanol–water partition coefficient (Wildman–Crippen LogP) is 3.96. The van der Waals surface area contributed by atoms with E-state index in [9.17, 15) is 4.79 Å². The number of hydrogen-bond acceptors (Lipinski definition) is 3. The van der Waals surface area contributed by atoms with Gasteiger partial charge in [-0.1, -0.05) is 28.9 Å². The van der Waals surface area contributed by atoms with Crippen molar-refractivity contribution >= 4 is 57.6 Å². The Kier molecular flexibility index (Phi) is 7.05. The Morgan fingerprint density at radius 2 is 2.08 bits per heavy atom. The van der Waals surface area contributed by atoms with Crippen LogP contribution in [0.25, 0.3) is 10.9 Å². The number of benzene rings is 1. The number of hydrogen-bond donors (Lipinski definition) is 1. The predicted molar refractivity (Wildman–Crippen MR) is 106 cm³/mol. The summed E-state index contributed by atoms with van der Waals surface area (Å²) in [6, 6.07) is 7.74. The van der Waals surface area contributed by atoms with Gasteiger partial charge in [-0.15, -0.1) is 24.8 Å². The van der Waals surface area contributed by atoms with Gasteiger partial charge in [0.05, 0.1) is 11.1 Å². The van der Waals surface area contributed by atoms with Gasteiger partial charge in [-0.05, 0) is 43.5 Å². The molecule has 7 heteroatoms. The third-order valence-corrected chi connectivity index (χ3v) is 4.96. The van der Waals surface area contributed by atoms with E-state index in [1.807, 2.05) is 36.1 Å². The number of fused-ring (bicyclic) bond motifs is 1. The van der Waals surface area contributed by atoms with Gasteiger partial charge < -0.3 is 10.6 Å². The number of aromatic nitrogens is 1. The van der Waals surface area contributed by atoms with E-state index in [2.05, 4.69) is 27.8 Å². The highest BCUT2D eigenvalue weighted by atomic mass is 79.9. The number of aryl methyl sites for hydroxylation is 1. The number of nitrogens with zero attached hydrogens (tertiary/aromatic N) is 2. The van der Waals surface area contributed by atoms with Crippen LogP contribution in [0.4, 0.5) is 0 Å². The first-order valence-corrected chi connectivity index (χ1v) is 8.27. The van der Waals surface area contributed by atoms with Crippen molar-refractivity contribution < 1.29 is 4.79 Å². The van der Waals surface area contributed by atoms with Crippen LogP contribution in [0.15, 0.2) is 28.7 Å². The molecule has 0 saturated carbocycles. The van der Waals surface area contributed by atoms with Crippen LogP contribution in [0, 0.1) is 12.3 Å². The average molecular weight is 435 g/mol. The Bertz CT molecular complexity index is 751. The maximum atomic E-state index is 12.9. The van der Waals surface area contributed by atoms with E-state index < -0.39 is 0 Å². The highest BCUT2D eigenvalue weighted by molar-refractivity contribution is 9.10. The summed E-state index contributed by atoms with van der Waals surface area (Å²) in [6.07, 6.45) is 0.961. The number of amides is 1. The summed E-state index contributed by atoms with van der Waals surface area (Å²) in [6.45, 7) is 6.17. The summed E-state index contributed by atoms with van der Waals surface area (Å²) in [4.78, 5) is 19.4. The Balaban J connectivity index is 0.00000144. The molecule has 1 atom stereocenters. The normalized spacial score (nSPS) is 19.8. The van der Waals surface area contributed by atoms with Gasteiger partial charge >= 0.3 is 0 Å². The minimum atomic E-state index is 0. The second-order valence-electron chi connectivity index (χ2n) is 6.46. The van der Waals surface area contributed by atoms with E-state index >= 15 is 0 Å². The summed E-state index contributed by atoms with van der Waals surface area (Å²) in [7, 11) is 0. The van der Waals surface area contributed by atoms with Crippen LogP contribution in [0.1, 0.15) is 29.4 Å². The molecular formula is C17H22BrCl2N3O. The van der Waals surface area contributed by atoms with Crippen LogP contribution >= 0.6 is 40.7 Å². The van der Waals surface area contributed by atoms with E-state index in [1.54, 1.807) is 0 Å². The van der Waals surface area contributed by atoms with Crippen LogP contribution in [-0.4, -0.2) is 35.4 Å². The maximum Gasteiger partial charge on any atom is 0.254 e. The summed E-state index contributed by atoms with van der Waals surface area (Å²) in [5.74, 6) is 0.0787. The third-order valence-electron chi connectivity index (χ3n) is 4.47. The lowest BCUT2D eigenvalue weighted by Crippen LogP contribution is -2.34. The molecule has 1 aliphatic rings. The van der Waals surface area contributed by atoms with Crippen molar-refractivity contribution in [3.8, 4) is 0 Å². The first-order valence-electron chi connectivity index (χ1n) is 7.48. The summed E-state index contributed by atoms with van der Waals surface area (Å²) in [5.41, 5.74) is 8.32. The molecule has 4 nitrogen and oxygen atoms in total. The van der Waals surface area contributed by atoms with E-state index in [0.29, 0.717) is 6.54 Å². The molecule has 2 N–H and O–H groups in total. The minimum Gasteiger partial charge on any atom is -0.338 e. The topological polar surface area (TPSA) is 59.2 Å². The number of likely N-dealkylation sites (tertiary alicyclic amines) is 1. The summed E-state index contributed by atoms with van der Waals surface area (Å²) in [5, 5.41) is 0.903. The second-order valence-corrected chi connectivity index (χ2v) is 7.38. The number of nitrogens with two attached hydrogens (primary N) is 1. The molecular weight excluding hydrogens is 413 g/mol. The maximum absolute atomic E-state index is 12.9. The molecule has 0 aliphatic carbocycles. The SMILES string of the molecule is Cc1cc(C(=O)N2CCC(C)(CN)C2)c2ccc(Br)cc2n1.Cl.Cl. The van der Waals surface area contributed by atoms with Crippen molar-refractivity contribution in [3.05, 3.63) is 40.0 Å². The Labute approximate surface area is 163 Å². The number of rotatable bonds is 2. The van der Waals surface area contributed by atoms with Crippen LogP contribution in [-0.2, 0) is 0 Å². The van der Waals surface area contributed by atoms with Gasteiger partial charge in [-0.2, -0.15) is 0 Å². The third kappa shape index (κ3) is 4.02. The zero-order valence-corrected chi connectivity index (χ0v) is 16.9. The fourth-order valence-corrected chi connectivity index (χ4v) is 3.39. The minimum absolute atomic E-state index is 0. The number of halogens is 3. The summed E-state index contributed by atoms with van der Waals surface area (Å²) >= 11 is 3.46. The van der Waals surface area contributed by atoms with E-state index in [1.165, 1.54) is 0 Å². The van der Waals surface area contributed by atoms with Crippen molar-refractivity contribution in [1.29, 1.82) is 0 Å². The highest BCUT2D eigenvalue weighted by Gasteiger charge is 2.35. The number of carbonyl (C=O) groups is 1. The monoisotopic (exact) mass is 433 g/mol. The largest absolute Gasteiger partial charge is 0.338 e. The summed E-state index contributed by atoms with van der Waals surface area (Å²) < 4.78 is 0.966. The zero-order valence-electron chi connectivity index (χ0n) is 13.7. The lowest BCUT2D eigenvalue weighted by atomic mass is 9.90. The van der Waals surface area contributed by atoms with Gasteiger partial charge in [-0.3, -0.25) is 9.78 Å². The molecule has 1 aromatic carbocycles. The number of pyridine rings is 1. The highest BCUT2D eigenvalue weighted by Crippen LogP contribution is 2.31. The molecule has 3 rings (SSSR count). The van der Waals surface area contributed by atoms with Crippen molar-refractivity contribution in [3.63, 3.8) is 0 Å². The molecule has 0 radical (unpaired) electrons. The molecule has 1 fully saturated rings. The molecule has 0 bridgehead atoms. The van der Waals surface area contributed by atoms with Crippen molar-refractivity contribution in [2.45, 2.75) is 20.3 Å². The van der Waals surface area contributed by atoms with Gasteiger partial charge in [-0.25, -0.2) is 0 Å². The van der Waals surface area contributed by atoms with E-state index in [4.69, 9.17) is 5.73 Å². The van der Waals surface area contributed by atoms with E-state index in [-0.39, 0.29) is 36.1 Å². The molecule has 2 heterocycles. The van der Waals surface area contributed by atoms with Crippen molar-refractivity contribution in [1.82, 2.24) is 9.88 Å². The Morgan fingerprint density at radius 1 is 1.38 bits per heavy atom. The quantitative estimate of drug-likeness (QED) is 0.777. The molecule has 132 valence electrons. The zero-order chi connectivity index (χ0) is 15.9. The second kappa shape index (κ2) is 8.00. The molecule has 1 aliphatic heterocycles. The van der Waals surface area contributed by atoms with Gasteiger partial charge in [0, 0.05) is 28.6 Å². The van der Waals surface area contributed by atoms with Gasteiger partial charge in [0.15, 0.2) is 0 Å². The first kappa shape index (κ1) is 21.2. The Morgan fingerprint density at radius 3 is 2.71 bits per heavy atom. The smallest absolute Gasteiger partial charge is 0.254 e. The standard InChI is InChI=1S/C17H20BrN3O.2ClH/c1-11-7-14(13-4-3-12(18)8-15(13)20-11)16(22)21-6-5-17(2,9-19)10-21;;/h3-4,7-8H,5-6,9-10,19H2,1-2H3;2*1H. The fourth-order valence-electron chi connectivity index (χ4n) is 3.04. The van der Waals surface area contributed by atoms with Gasteiger partial charge in [0.25, 0.3) is 5.91 Å². The fraction of sp³-hybridized carbons (Fsp3) is 0.412. The molecule has 2 aromatic rings. The van der Waals surface area contributed by atoms with Crippen molar-refractivity contribution in [2.24, 2.45) is 11.1 Å². The lowest BCUT2D eigenvalue weighted by Gasteiger charge is -2.23. The van der Waals surface area contributed by atoms with Gasteiger partial charge in [0.1, 0.15) is 0 Å². The van der Waals surface area contributed by atoms with Crippen LogP contribution in [0.3, 0.4) is 0 Å². The van der Waals surface area contributed by atoms with Crippen LogP contribution < -0.4 is 5.73 Å². The molecule has 1 saturated heterocycles. The van der Waals surface area contributed by atoms with Crippen molar-refractivity contribution in [2.75, 3.05) is 19.6 Å². The van der Waals surface area contributed by atoms with E-state index in [0.717, 1.165) is 46.1 Å². The van der Waals surface area contributed by atoms with Crippen LogP contribution in [0.2, 0.25) is 0 Å². The molecule has 1 amide bonds. The first-order chi connectivity index (χ1) is 10.4. The molecule has 0 spiro atoms. The molecule has 24 heavy (non-hydrogen) atoms. The molecule has 1 aromatic heterocycles. The molecule has 1 unspecified atom stereocenters. The number of carbonyl (C=O) groups excluding carboxylic acids is 1. The average Bonchev–Trinajstić information content (AvgIpc) is 2.88. The Hall–Kier alpha value is -0.880. The van der Waals surface area contributed by atoms with Crippen LogP contribution in [0.5, 0.6) is 0 Å². The van der Waals surface area contributed by atoms with Gasteiger partial charge in [0.2, 0.25) is 0 Å².